The molecule has 24 heavy (non-hydrogen) atoms. The van der Waals surface area contributed by atoms with Crippen molar-refractivity contribution in [2.45, 2.75) is 6.54 Å². The number of hydrogen-bond acceptors (Lipinski definition) is 4. The number of quaternary nitrogens is 1. The van der Waals surface area contributed by atoms with Gasteiger partial charge in [-0.1, -0.05) is 0 Å². The Morgan fingerprint density at radius 1 is 1.21 bits per heavy atom. The number of nitrogens with zero attached hydrogens (tertiary/aromatic N) is 1. The van der Waals surface area contributed by atoms with Crippen LogP contribution in [0.2, 0.25) is 0 Å². The predicted octanol–water partition coefficient (Wildman–Crippen LogP) is 0.838. The Balaban J connectivity index is 1.58. The van der Waals surface area contributed by atoms with Gasteiger partial charge in [0.05, 0.1) is 46.7 Å². The zero-order chi connectivity index (χ0) is 16.9. The van der Waals surface area contributed by atoms with Crippen LogP contribution >= 0.6 is 0 Å². The summed E-state index contributed by atoms with van der Waals surface area (Å²) in [4.78, 5) is 15.6. The SMILES string of the molecule is COc1ccc(C[NH+]2CCN(C(=O)c3ccco3)CC2)c(OC)c1. The van der Waals surface area contributed by atoms with Gasteiger partial charge in [-0.05, 0) is 24.3 Å². The lowest BCUT2D eigenvalue weighted by Gasteiger charge is -2.32. The van der Waals surface area contributed by atoms with Gasteiger partial charge in [-0.3, -0.25) is 4.79 Å². The smallest absolute Gasteiger partial charge is 0.289 e. The van der Waals surface area contributed by atoms with E-state index >= 15 is 0 Å². The van der Waals surface area contributed by atoms with E-state index in [1.165, 1.54) is 11.2 Å². The van der Waals surface area contributed by atoms with Gasteiger partial charge in [0.25, 0.3) is 5.91 Å². The monoisotopic (exact) mass is 331 g/mol. The van der Waals surface area contributed by atoms with Gasteiger partial charge in [-0.25, -0.2) is 0 Å². The third-order valence-corrected chi connectivity index (χ3v) is 4.42. The minimum absolute atomic E-state index is 0.0268. The lowest BCUT2D eigenvalue weighted by molar-refractivity contribution is -0.917. The number of furan rings is 1. The molecular formula is C18H23N2O4+. The molecule has 2 heterocycles. The molecule has 6 heteroatoms. The largest absolute Gasteiger partial charge is 0.497 e. The van der Waals surface area contributed by atoms with E-state index < -0.39 is 0 Å². The van der Waals surface area contributed by atoms with E-state index in [0.29, 0.717) is 5.76 Å². The first-order chi connectivity index (χ1) is 11.7. The minimum atomic E-state index is -0.0268. The number of hydrogen-bond donors (Lipinski definition) is 1. The molecule has 1 N–H and O–H groups in total. The zero-order valence-corrected chi connectivity index (χ0v) is 14.1. The quantitative estimate of drug-likeness (QED) is 0.882. The van der Waals surface area contributed by atoms with Crippen molar-refractivity contribution in [2.75, 3.05) is 40.4 Å². The molecule has 1 saturated heterocycles. The molecule has 1 aromatic carbocycles. The first-order valence-corrected chi connectivity index (χ1v) is 8.08. The fourth-order valence-corrected chi connectivity index (χ4v) is 3.03. The zero-order valence-electron chi connectivity index (χ0n) is 14.1. The molecule has 6 nitrogen and oxygen atoms in total. The number of carbonyl (C=O) groups is 1. The van der Waals surface area contributed by atoms with Crippen molar-refractivity contribution in [1.82, 2.24) is 4.90 Å². The molecule has 3 rings (SSSR count). The molecule has 0 radical (unpaired) electrons. The molecule has 1 aliphatic heterocycles. The van der Waals surface area contributed by atoms with Crippen LogP contribution in [0.15, 0.2) is 41.0 Å². The summed E-state index contributed by atoms with van der Waals surface area (Å²) in [5.41, 5.74) is 1.15. The van der Waals surface area contributed by atoms with Crippen molar-refractivity contribution in [3.8, 4) is 11.5 Å². The highest BCUT2D eigenvalue weighted by Gasteiger charge is 2.26. The van der Waals surface area contributed by atoms with E-state index in [2.05, 4.69) is 0 Å². The Kier molecular flexibility index (Phi) is 5.05. The number of ether oxygens (including phenoxy) is 2. The number of benzene rings is 1. The van der Waals surface area contributed by atoms with E-state index in [0.717, 1.165) is 49.8 Å². The molecule has 0 aliphatic carbocycles. The molecule has 0 unspecified atom stereocenters. The van der Waals surface area contributed by atoms with Gasteiger partial charge in [0.2, 0.25) is 0 Å². The summed E-state index contributed by atoms with van der Waals surface area (Å²) >= 11 is 0. The number of methoxy groups -OCH3 is 2. The molecule has 0 spiro atoms. The lowest BCUT2D eigenvalue weighted by Crippen LogP contribution is -3.13. The fourth-order valence-electron chi connectivity index (χ4n) is 3.03. The average Bonchev–Trinajstić information content (AvgIpc) is 3.16. The van der Waals surface area contributed by atoms with Crippen LogP contribution < -0.4 is 14.4 Å². The van der Waals surface area contributed by atoms with Crippen molar-refractivity contribution in [3.05, 3.63) is 47.9 Å². The molecule has 1 aliphatic rings. The summed E-state index contributed by atoms with van der Waals surface area (Å²) in [6, 6.07) is 9.36. The Labute approximate surface area is 141 Å². The van der Waals surface area contributed by atoms with Crippen LogP contribution in [0.1, 0.15) is 16.1 Å². The van der Waals surface area contributed by atoms with E-state index in [9.17, 15) is 4.79 Å². The summed E-state index contributed by atoms with van der Waals surface area (Å²) in [7, 11) is 3.32. The first-order valence-electron chi connectivity index (χ1n) is 8.08. The maximum absolute atomic E-state index is 12.3. The molecule has 128 valence electrons. The number of nitrogens with one attached hydrogen (secondary N) is 1. The Hall–Kier alpha value is -2.47. The highest BCUT2D eigenvalue weighted by Crippen LogP contribution is 2.23. The lowest BCUT2D eigenvalue weighted by atomic mass is 10.1. The third kappa shape index (κ3) is 3.54. The second kappa shape index (κ2) is 7.40. The van der Waals surface area contributed by atoms with Gasteiger partial charge in [0, 0.05) is 11.6 Å². The fraction of sp³-hybridized carbons (Fsp3) is 0.389. The van der Waals surface area contributed by atoms with Crippen molar-refractivity contribution < 1.29 is 23.6 Å². The van der Waals surface area contributed by atoms with E-state index in [1.54, 1.807) is 26.4 Å². The van der Waals surface area contributed by atoms with Crippen LogP contribution in [0, 0.1) is 0 Å². The molecule has 0 saturated carbocycles. The summed E-state index contributed by atoms with van der Waals surface area (Å²) in [5.74, 6) is 2.02. The molecule has 1 aromatic heterocycles. The van der Waals surface area contributed by atoms with Gasteiger partial charge in [-0.2, -0.15) is 0 Å². The highest BCUT2D eigenvalue weighted by atomic mass is 16.5. The van der Waals surface area contributed by atoms with Crippen LogP contribution in [0.3, 0.4) is 0 Å². The van der Waals surface area contributed by atoms with Crippen molar-refractivity contribution in [2.24, 2.45) is 0 Å². The summed E-state index contributed by atoms with van der Waals surface area (Å²) in [6.07, 6.45) is 1.53. The van der Waals surface area contributed by atoms with Gasteiger partial charge >= 0.3 is 0 Å². The number of rotatable bonds is 5. The van der Waals surface area contributed by atoms with Gasteiger partial charge in [-0.15, -0.1) is 0 Å². The van der Waals surface area contributed by atoms with Gasteiger partial charge < -0.3 is 23.7 Å². The van der Waals surface area contributed by atoms with E-state index in [1.807, 2.05) is 23.1 Å². The van der Waals surface area contributed by atoms with Gasteiger partial charge in [0.15, 0.2) is 5.76 Å². The van der Waals surface area contributed by atoms with Crippen LogP contribution in [-0.4, -0.2) is 51.2 Å². The topological polar surface area (TPSA) is 56.4 Å². The van der Waals surface area contributed by atoms with Crippen molar-refractivity contribution in [3.63, 3.8) is 0 Å². The summed E-state index contributed by atoms with van der Waals surface area (Å²) in [5, 5.41) is 0. The second-order valence-corrected chi connectivity index (χ2v) is 5.87. The van der Waals surface area contributed by atoms with Gasteiger partial charge in [0.1, 0.15) is 18.0 Å². The standard InChI is InChI=1S/C18H22N2O4/c1-22-15-6-5-14(17(12-15)23-2)13-19-7-9-20(10-8-19)18(21)16-4-3-11-24-16/h3-6,11-12H,7-10,13H2,1-2H3/p+1. The van der Waals surface area contributed by atoms with Crippen LogP contribution in [-0.2, 0) is 6.54 Å². The van der Waals surface area contributed by atoms with Crippen LogP contribution in [0.4, 0.5) is 0 Å². The van der Waals surface area contributed by atoms with Crippen LogP contribution in [0.5, 0.6) is 11.5 Å². The molecule has 1 amide bonds. The average molecular weight is 331 g/mol. The molecule has 1 fully saturated rings. The Morgan fingerprint density at radius 2 is 2.00 bits per heavy atom. The second-order valence-electron chi connectivity index (χ2n) is 5.87. The molecular weight excluding hydrogens is 308 g/mol. The first kappa shape index (κ1) is 16.4. The number of piperazine rings is 1. The van der Waals surface area contributed by atoms with E-state index in [-0.39, 0.29) is 5.91 Å². The molecule has 0 bridgehead atoms. The minimum Gasteiger partial charge on any atom is -0.497 e. The number of amides is 1. The van der Waals surface area contributed by atoms with Crippen molar-refractivity contribution >= 4 is 5.91 Å². The highest BCUT2D eigenvalue weighted by molar-refractivity contribution is 5.91. The maximum atomic E-state index is 12.3. The van der Waals surface area contributed by atoms with Crippen molar-refractivity contribution in [1.29, 1.82) is 0 Å². The molecule has 2 aromatic rings. The third-order valence-electron chi connectivity index (χ3n) is 4.42. The van der Waals surface area contributed by atoms with E-state index in [4.69, 9.17) is 13.9 Å². The van der Waals surface area contributed by atoms with Crippen LogP contribution in [0.25, 0.3) is 0 Å². The normalized spacial score (nSPS) is 15.3. The summed E-state index contributed by atoms with van der Waals surface area (Å²) < 4.78 is 15.9. The number of carbonyl (C=O) groups excluding carboxylic acids is 1. The summed E-state index contributed by atoms with van der Waals surface area (Å²) in [6.45, 7) is 4.14. The Bertz CT molecular complexity index is 676. The predicted molar refractivity (Wildman–Crippen MR) is 88.6 cm³/mol. The Morgan fingerprint density at radius 3 is 2.62 bits per heavy atom. The molecule has 0 atom stereocenters. The maximum Gasteiger partial charge on any atom is 0.289 e.